The molecule has 0 bridgehead atoms. The summed E-state index contributed by atoms with van der Waals surface area (Å²) in [4.78, 5) is 0. The number of aliphatic hydroxyl groups is 1. The molecule has 24 heavy (non-hydrogen) atoms. The van der Waals surface area contributed by atoms with Crippen molar-refractivity contribution in [1.82, 2.24) is 5.32 Å². The third kappa shape index (κ3) is 13.1. The van der Waals surface area contributed by atoms with Gasteiger partial charge >= 0.3 is 0 Å². The zero-order valence-corrected chi connectivity index (χ0v) is 16.6. The lowest BCUT2D eigenvalue weighted by Crippen LogP contribution is -2.37. The predicted octanol–water partition coefficient (Wildman–Crippen LogP) is 1.69. The van der Waals surface area contributed by atoms with Crippen molar-refractivity contribution in [3.05, 3.63) is 0 Å². The van der Waals surface area contributed by atoms with Gasteiger partial charge in [0.2, 0.25) is 0 Å². The number of hydrogen-bond acceptors (Lipinski definition) is 6. The van der Waals surface area contributed by atoms with Crippen molar-refractivity contribution in [2.75, 3.05) is 46.1 Å². The number of nitrogens with one attached hydrogen (secondary N) is 1. The molecule has 0 aromatic carbocycles. The molecule has 6 nitrogen and oxygen atoms in total. The van der Waals surface area contributed by atoms with Crippen molar-refractivity contribution < 1.29 is 19.3 Å². The Hall–Kier alpha value is -0.240. The molecule has 0 spiro atoms. The van der Waals surface area contributed by atoms with E-state index in [-0.39, 0.29) is 23.4 Å². The number of aliphatic hydroxyl groups excluding tert-OH is 1. The van der Waals surface area contributed by atoms with Crippen molar-refractivity contribution in [3.8, 4) is 0 Å². The summed E-state index contributed by atoms with van der Waals surface area (Å²) in [7, 11) is 0. The fraction of sp³-hybridized carbons (Fsp3) is 1.00. The third-order valence-electron chi connectivity index (χ3n) is 3.95. The molecule has 0 aromatic rings. The van der Waals surface area contributed by atoms with Crippen molar-refractivity contribution in [3.63, 3.8) is 0 Å². The maximum absolute atomic E-state index is 8.94. The Morgan fingerprint density at radius 2 is 1.21 bits per heavy atom. The second-order valence-electron chi connectivity index (χ2n) is 8.00. The Kier molecular flexibility index (Phi) is 11.3. The predicted molar refractivity (Wildman–Crippen MR) is 98.3 cm³/mol. The molecule has 6 heteroatoms. The first-order valence-electron chi connectivity index (χ1n) is 8.97. The van der Waals surface area contributed by atoms with Crippen LogP contribution >= 0.6 is 0 Å². The molecule has 0 aliphatic carbocycles. The second kappa shape index (κ2) is 11.4. The van der Waals surface area contributed by atoms with Gasteiger partial charge in [-0.3, -0.25) is 0 Å². The SMILES string of the molecule is CC(C)(CN)OCCC(C)(C)OCCNCCOC(C)(C)CCO. The van der Waals surface area contributed by atoms with Gasteiger partial charge in [-0.2, -0.15) is 0 Å². The zero-order valence-electron chi connectivity index (χ0n) is 16.6. The van der Waals surface area contributed by atoms with Gasteiger partial charge in [0, 0.05) is 26.2 Å². The Morgan fingerprint density at radius 3 is 1.67 bits per heavy atom. The number of rotatable bonds is 15. The van der Waals surface area contributed by atoms with Crippen LogP contribution in [0.1, 0.15) is 54.4 Å². The molecule has 0 saturated carbocycles. The number of ether oxygens (including phenoxy) is 3. The van der Waals surface area contributed by atoms with Crippen LogP contribution in [-0.4, -0.2) is 68.0 Å². The molecule has 0 fully saturated rings. The minimum Gasteiger partial charge on any atom is -0.396 e. The van der Waals surface area contributed by atoms with Crippen LogP contribution in [0, 0.1) is 0 Å². The summed E-state index contributed by atoms with van der Waals surface area (Å²) in [6, 6.07) is 0. The average molecular weight is 349 g/mol. The highest BCUT2D eigenvalue weighted by Crippen LogP contribution is 2.16. The molecule has 0 aromatic heterocycles. The summed E-state index contributed by atoms with van der Waals surface area (Å²) in [5.41, 5.74) is 4.89. The van der Waals surface area contributed by atoms with Gasteiger partial charge in [-0.05, 0) is 54.4 Å². The highest BCUT2D eigenvalue weighted by atomic mass is 16.5. The molecule has 0 rings (SSSR count). The van der Waals surface area contributed by atoms with E-state index in [0.29, 0.717) is 32.8 Å². The zero-order chi connectivity index (χ0) is 18.7. The minimum absolute atomic E-state index is 0.148. The summed E-state index contributed by atoms with van der Waals surface area (Å²) in [6.07, 6.45) is 1.47. The summed E-state index contributed by atoms with van der Waals surface area (Å²) in [6.45, 7) is 16.2. The first-order valence-corrected chi connectivity index (χ1v) is 8.97. The Morgan fingerprint density at radius 1 is 0.750 bits per heavy atom. The van der Waals surface area contributed by atoms with Crippen molar-refractivity contribution in [2.24, 2.45) is 5.73 Å². The largest absolute Gasteiger partial charge is 0.396 e. The van der Waals surface area contributed by atoms with Crippen LogP contribution in [0.25, 0.3) is 0 Å². The minimum atomic E-state index is -0.276. The maximum atomic E-state index is 8.94. The quantitative estimate of drug-likeness (QED) is 0.391. The molecular weight excluding hydrogens is 308 g/mol. The van der Waals surface area contributed by atoms with Crippen LogP contribution in [0.3, 0.4) is 0 Å². The Labute approximate surface area is 148 Å². The van der Waals surface area contributed by atoms with Crippen molar-refractivity contribution in [2.45, 2.75) is 71.2 Å². The first kappa shape index (κ1) is 23.8. The fourth-order valence-corrected chi connectivity index (χ4v) is 1.97. The lowest BCUT2D eigenvalue weighted by atomic mass is 10.1. The van der Waals surface area contributed by atoms with E-state index >= 15 is 0 Å². The smallest absolute Gasteiger partial charge is 0.0748 e. The molecule has 0 heterocycles. The molecule has 0 amide bonds. The van der Waals surface area contributed by atoms with Gasteiger partial charge < -0.3 is 30.4 Å². The normalized spacial score (nSPS) is 13.5. The molecule has 0 atom stereocenters. The Balaban J connectivity index is 3.68. The lowest BCUT2D eigenvalue weighted by Gasteiger charge is -2.29. The second-order valence-corrected chi connectivity index (χ2v) is 8.00. The highest BCUT2D eigenvalue weighted by Gasteiger charge is 2.21. The summed E-state index contributed by atoms with van der Waals surface area (Å²) in [5.74, 6) is 0. The molecular formula is C18H40N2O4. The molecule has 4 N–H and O–H groups in total. The first-order chi connectivity index (χ1) is 11.0. The van der Waals surface area contributed by atoms with Crippen molar-refractivity contribution in [1.29, 1.82) is 0 Å². The molecule has 0 radical (unpaired) electrons. The van der Waals surface area contributed by atoms with Gasteiger partial charge in [-0.1, -0.05) is 0 Å². The van der Waals surface area contributed by atoms with Crippen LogP contribution in [0.2, 0.25) is 0 Å². The van der Waals surface area contributed by atoms with E-state index in [9.17, 15) is 0 Å². The lowest BCUT2D eigenvalue weighted by molar-refractivity contribution is -0.0685. The molecule has 146 valence electrons. The van der Waals surface area contributed by atoms with E-state index in [1.807, 2.05) is 27.7 Å². The third-order valence-corrected chi connectivity index (χ3v) is 3.95. The number of nitrogens with two attached hydrogens (primary N) is 1. The summed E-state index contributed by atoms with van der Waals surface area (Å²) >= 11 is 0. The van der Waals surface area contributed by atoms with E-state index in [4.69, 9.17) is 25.1 Å². The molecule has 0 saturated heterocycles. The van der Waals surface area contributed by atoms with Crippen molar-refractivity contribution >= 4 is 0 Å². The van der Waals surface area contributed by atoms with E-state index in [2.05, 4.69) is 19.2 Å². The molecule has 0 unspecified atom stereocenters. The fourth-order valence-electron chi connectivity index (χ4n) is 1.97. The summed E-state index contributed by atoms with van der Waals surface area (Å²) < 4.78 is 17.4. The van der Waals surface area contributed by atoms with E-state index < -0.39 is 0 Å². The van der Waals surface area contributed by atoms with Gasteiger partial charge in [0.15, 0.2) is 0 Å². The van der Waals surface area contributed by atoms with Crippen LogP contribution in [0.4, 0.5) is 0 Å². The molecule has 0 aliphatic heterocycles. The standard InChI is InChI=1S/C18H40N2O4/c1-16(2,7-11-21)23-13-9-20-10-14-24-17(3,4)8-12-22-18(5,6)15-19/h20-21H,7-15,19H2,1-6H3. The average Bonchev–Trinajstić information content (AvgIpc) is 2.45. The van der Waals surface area contributed by atoms with Gasteiger partial charge in [0.1, 0.15) is 0 Å². The maximum Gasteiger partial charge on any atom is 0.0748 e. The van der Waals surface area contributed by atoms with Gasteiger partial charge in [0.05, 0.1) is 36.6 Å². The Bertz CT molecular complexity index is 320. The van der Waals surface area contributed by atoms with Crippen LogP contribution in [0.5, 0.6) is 0 Å². The van der Waals surface area contributed by atoms with E-state index in [0.717, 1.165) is 19.5 Å². The van der Waals surface area contributed by atoms with E-state index in [1.165, 1.54) is 0 Å². The van der Waals surface area contributed by atoms with Gasteiger partial charge in [-0.25, -0.2) is 0 Å². The molecule has 0 aliphatic rings. The summed E-state index contributed by atoms with van der Waals surface area (Å²) in [5, 5.41) is 12.2. The monoisotopic (exact) mass is 348 g/mol. The topological polar surface area (TPSA) is 86.0 Å². The van der Waals surface area contributed by atoms with E-state index in [1.54, 1.807) is 0 Å². The van der Waals surface area contributed by atoms with Crippen LogP contribution < -0.4 is 11.1 Å². The van der Waals surface area contributed by atoms with Gasteiger partial charge in [-0.15, -0.1) is 0 Å². The highest BCUT2D eigenvalue weighted by molar-refractivity contribution is 4.73. The van der Waals surface area contributed by atoms with Gasteiger partial charge in [0.25, 0.3) is 0 Å². The number of hydrogen-bond donors (Lipinski definition) is 3. The van der Waals surface area contributed by atoms with Crippen LogP contribution in [-0.2, 0) is 14.2 Å². The van der Waals surface area contributed by atoms with Crippen LogP contribution in [0.15, 0.2) is 0 Å².